The third-order valence-corrected chi connectivity index (χ3v) is 4.93. The SMILES string of the molecule is Cc1cc(S(=O)(=O)NCCN(C)C2CC2)cc(N)c1F. The number of nitrogen functional groups attached to an aromatic ring is 1. The number of nitrogens with zero attached hydrogens (tertiary/aromatic N) is 1. The second-order valence-corrected chi connectivity index (χ2v) is 7.02. The summed E-state index contributed by atoms with van der Waals surface area (Å²) in [7, 11) is -1.67. The van der Waals surface area contributed by atoms with Crippen LogP contribution in [0.3, 0.4) is 0 Å². The Morgan fingerprint density at radius 3 is 2.65 bits per heavy atom. The van der Waals surface area contributed by atoms with Crippen LogP contribution in [-0.4, -0.2) is 39.5 Å². The van der Waals surface area contributed by atoms with E-state index in [1.54, 1.807) is 0 Å². The van der Waals surface area contributed by atoms with E-state index in [0.717, 1.165) is 6.07 Å². The highest BCUT2D eigenvalue weighted by Crippen LogP contribution is 2.25. The van der Waals surface area contributed by atoms with Crippen molar-refractivity contribution in [1.82, 2.24) is 9.62 Å². The number of likely N-dealkylation sites (N-methyl/N-ethyl adjacent to an activating group) is 1. The number of nitrogens with two attached hydrogens (primary N) is 1. The number of hydrogen-bond donors (Lipinski definition) is 2. The minimum atomic E-state index is -3.65. The Kier molecular flexibility index (Phi) is 4.31. The zero-order valence-electron chi connectivity index (χ0n) is 11.7. The molecule has 0 aromatic heterocycles. The molecule has 0 aliphatic heterocycles. The molecular weight excluding hydrogens is 281 g/mol. The number of sulfonamides is 1. The Morgan fingerprint density at radius 2 is 2.10 bits per heavy atom. The summed E-state index contributed by atoms with van der Waals surface area (Å²) in [5.74, 6) is -0.572. The van der Waals surface area contributed by atoms with Gasteiger partial charge in [-0.05, 0) is 44.5 Å². The molecular formula is C13H20FN3O2S. The van der Waals surface area contributed by atoms with Gasteiger partial charge in [-0.15, -0.1) is 0 Å². The van der Waals surface area contributed by atoms with Crippen molar-refractivity contribution in [3.63, 3.8) is 0 Å². The molecule has 0 atom stereocenters. The number of nitrogens with one attached hydrogen (secondary N) is 1. The molecule has 0 amide bonds. The van der Waals surface area contributed by atoms with E-state index in [-0.39, 0.29) is 16.1 Å². The van der Waals surface area contributed by atoms with Gasteiger partial charge in [-0.2, -0.15) is 0 Å². The topological polar surface area (TPSA) is 75.4 Å². The van der Waals surface area contributed by atoms with Crippen molar-refractivity contribution in [2.75, 3.05) is 25.9 Å². The van der Waals surface area contributed by atoms with Crippen LogP contribution in [0, 0.1) is 12.7 Å². The quantitative estimate of drug-likeness (QED) is 0.771. The van der Waals surface area contributed by atoms with Crippen molar-refractivity contribution < 1.29 is 12.8 Å². The molecule has 0 spiro atoms. The Labute approximate surface area is 119 Å². The molecule has 1 aromatic carbocycles. The van der Waals surface area contributed by atoms with Crippen LogP contribution in [0.2, 0.25) is 0 Å². The summed E-state index contributed by atoms with van der Waals surface area (Å²) >= 11 is 0. The van der Waals surface area contributed by atoms with Gasteiger partial charge in [0.25, 0.3) is 0 Å². The second-order valence-electron chi connectivity index (χ2n) is 5.25. The molecule has 0 bridgehead atoms. The molecule has 0 heterocycles. The Bertz CT molecular complexity index is 577. The molecule has 7 heteroatoms. The Morgan fingerprint density at radius 1 is 1.45 bits per heavy atom. The number of halogens is 1. The molecule has 112 valence electrons. The van der Waals surface area contributed by atoms with Crippen molar-refractivity contribution in [3.8, 4) is 0 Å². The van der Waals surface area contributed by atoms with Gasteiger partial charge in [0, 0.05) is 19.1 Å². The number of anilines is 1. The first-order chi connectivity index (χ1) is 9.31. The average molecular weight is 301 g/mol. The fourth-order valence-corrected chi connectivity index (χ4v) is 3.20. The number of hydrogen-bond acceptors (Lipinski definition) is 4. The lowest BCUT2D eigenvalue weighted by molar-refractivity contribution is 0.329. The fraction of sp³-hybridized carbons (Fsp3) is 0.538. The predicted octanol–water partition coefficient (Wildman–Crippen LogP) is 1.09. The van der Waals surface area contributed by atoms with E-state index in [1.165, 1.54) is 25.8 Å². The molecule has 0 radical (unpaired) electrons. The molecule has 3 N–H and O–H groups in total. The Hall–Kier alpha value is -1.18. The molecule has 1 aliphatic rings. The normalized spacial score (nSPS) is 15.8. The summed E-state index contributed by atoms with van der Waals surface area (Å²) in [5, 5.41) is 0. The molecule has 20 heavy (non-hydrogen) atoms. The highest BCUT2D eigenvalue weighted by atomic mass is 32.2. The maximum absolute atomic E-state index is 13.4. The van der Waals surface area contributed by atoms with Crippen LogP contribution in [0.4, 0.5) is 10.1 Å². The summed E-state index contributed by atoms with van der Waals surface area (Å²) in [6.07, 6.45) is 2.36. The van der Waals surface area contributed by atoms with Crippen molar-refractivity contribution in [1.29, 1.82) is 0 Å². The standard InChI is InChI=1S/C13H20FN3O2S/c1-9-7-11(8-12(15)13(9)14)20(18,19)16-5-6-17(2)10-3-4-10/h7-8,10,16H,3-6,15H2,1-2H3. The van der Waals surface area contributed by atoms with Crippen LogP contribution in [0.1, 0.15) is 18.4 Å². The van der Waals surface area contributed by atoms with Gasteiger partial charge in [-0.25, -0.2) is 17.5 Å². The van der Waals surface area contributed by atoms with Crippen LogP contribution < -0.4 is 10.5 Å². The first-order valence-electron chi connectivity index (χ1n) is 6.57. The van der Waals surface area contributed by atoms with Gasteiger partial charge in [0.2, 0.25) is 10.0 Å². The summed E-state index contributed by atoms with van der Waals surface area (Å²) in [6.45, 7) is 2.47. The largest absolute Gasteiger partial charge is 0.396 e. The predicted molar refractivity (Wildman–Crippen MR) is 76.4 cm³/mol. The van der Waals surface area contributed by atoms with E-state index in [1.807, 2.05) is 7.05 Å². The van der Waals surface area contributed by atoms with Crippen LogP contribution in [0.25, 0.3) is 0 Å². The van der Waals surface area contributed by atoms with E-state index in [0.29, 0.717) is 19.1 Å². The lowest BCUT2D eigenvalue weighted by Gasteiger charge is -2.16. The number of benzene rings is 1. The molecule has 0 unspecified atom stereocenters. The van der Waals surface area contributed by atoms with Gasteiger partial charge >= 0.3 is 0 Å². The zero-order valence-corrected chi connectivity index (χ0v) is 12.5. The monoisotopic (exact) mass is 301 g/mol. The van der Waals surface area contributed by atoms with E-state index in [4.69, 9.17) is 5.73 Å². The van der Waals surface area contributed by atoms with Gasteiger partial charge in [0.1, 0.15) is 5.82 Å². The summed E-state index contributed by atoms with van der Waals surface area (Å²) in [4.78, 5) is 2.13. The molecule has 1 aromatic rings. The molecule has 1 aliphatic carbocycles. The van der Waals surface area contributed by atoms with Gasteiger partial charge < -0.3 is 10.6 Å². The summed E-state index contributed by atoms with van der Waals surface area (Å²) in [5.41, 5.74) is 5.54. The first-order valence-corrected chi connectivity index (χ1v) is 8.05. The van der Waals surface area contributed by atoms with Crippen LogP contribution >= 0.6 is 0 Å². The fourth-order valence-electron chi connectivity index (χ4n) is 2.06. The smallest absolute Gasteiger partial charge is 0.240 e. The minimum Gasteiger partial charge on any atom is -0.396 e. The van der Waals surface area contributed by atoms with Gasteiger partial charge in [-0.3, -0.25) is 0 Å². The molecule has 1 fully saturated rings. The van der Waals surface area contributed by atoms with Crippen LogP contribution in [0.15, 0.2) is 17.0 Å². The van der Waals surface area contributed by atoms with Gasteiger partial charge in [0.05, 0.1) is 10.6 Å². The Balaban J connectivity index is 2.02. The maximum Gasteiger partial charge on any atom is 0.240 e. The van der Waals surface area contributed by atoms with Gasteiger partial charge in [-0.1, -0.05) is 0 Å². The molecule has 0 saturated heterocycles. The van der Waals surface area contributed by atoms with Crippen LogP contribution in [0.5, 0.6) is 0 Å². The third kappa shape index (κ3) is 3.47. The third-order valence-electron chi connectivity index (χ3n) is 3.49. The van der Waals surface area contributed by atoms with Crippen molar-refractivity contribution in [2.24, 2.45) is 0 Å². The van der Waals surface area contributed by atoms with E-state index >= 15 is 0 Å². The lowest BCUT2D eigenvalue weighted by Crippen LogP contribution is -2.34. The molecule has 2 rings (SSSR count). The lowest BCUT2D eigenvalue weighted by atomic mass is 10.2. The van der Waals surface area contributed by atoms with Crippen molar-refractivity contribution >= 4 is 15.7 Å². The highest BCUT2D eigenvalue weighted by molar-refractivity contribution is 7.89. The zero-order chi connectivity index (χ0) is 14.9. The number of aryl methyl sites for hydroxylation is 1. The second kappa shape index (κ2) is 5.67. The van der Waals surface area contributed by atoms with E-state index in [2.05, 4.69) is 9.62 Å². The van der Waals surface area contributed by atoms with E-state index in [9.17, 15) is 12.8 Å². The average Bonchev–Trinajstić information content (AvgIpc) is 3.19. The highest BCUT2D eigenvalue weighted by Gasteiger charge is 2.26. The minimum absolute atomic E-state index is 0.00275. The van der Waals surface area contributed by atoms with Crippen molar-refractivity contribution in [3.05, 3.63) is 23.5 Å². The van der Waals surface area contributed by atoms with E-state index < -0.39 is 15.8 Å². The molecule has 5 nitrogen and oxygen atoms in total. The summed E-state index contributed by atoms with van der Waals surface area (Å²) in [6, 6.07) is 3.02. The molecule has 1 saturated carbocycles. The van der Waals surface area contributed by atoms with Crippen molar-refractivity contribution in [2.45, 2.75) is 30.7 Å². The van der Waals surface area contributed by atoms with Gasteiger partial charge in [0.15, 0.2) is 0 Å². The first kappa shape index (κ1) is 15.2. The maximum atomic E-state index is 13.4. The van der Waals surface area contributed by atoms with Crippen LogP contribution in [-0.2, 0) is 10.0 Å². The summed E-state index contributed by atoms with van der Waals surface area (Å²) < 4.78 is 40.1. The number of rotatable bonds is 6.